The summed E-state index contributed by atoms with van der Waals surface area (Å²) in [6.07, 6.45) is -4.91. The molecule has 0 heterocycles. The molecule has 1 nitrogen and oxygen atoms in total. The van der Waals surface area contributed by atoms with Gasteiger partial charge < -0.3 is 5.32 Å². The Morgan fingerprint density at radius 2 is 1.67 bits per heavy atom. The third-order valence-electron chi connectivity index (χ3n) is 2.25. The van der Waals surface area contributed by atoms with Gasteiger partial charge in [-0.1, -0.05) is 34.8 Å². The summed E-state index contributed by atoms with van der Waals surface area (Å²) in [7, 11) is 0. The minimum atomic E-state index is -4.12. The van der Waals surface area contributed by atoms with Crippen LogP contribution in [-0.2, 0) is 6.54 Å². The Hall–Kier alpha value is -0.160. The minimum absolute atomic E-state index is 0.0132. The maximum Gasteiger partial charge on any atom is 0.389 e. The first kappa shape index (κ1) is 15.9. The van der Waals surface area contributed by atoms with Crippen LogP contribution in [0, 0.1) is 0 Å². The van der Waals surface area contributed by atoms with Gasteiger partial charge >= 0.3 is 6.18 Å². The van der Waals surface area contributed by atoms with Crippen LogP contribution in [0.4, 0.5) is 13.2 Å². The Morgan fingerprint density at radius 1 is 1.06 bits per heavy atom. The molecule has 0 fully saturated rings. The Balaban J connectivity index is 2.43. The van der Waals surface area contributed by atoms with Crippen molar-refractivity contribution in [3.05, 3.63) is 32.8 Å². The number of benzene rings is 1. The number of halogens is 6. The number of nitrogens with one attached hydrogen (secondary N) is 1. The second kappa shape index (κ2) is 6.85. The smallest absolute Gasteiger partial charge is 0.313 e. The highest BCUT2D eigenvalue weighted by molar-refractivity contribution is 6.44. The molecule has 1 rings (SSSR count). The molecule has 0 radical (unpaired) electrons. The molecule has 1 N–H and O–H groups in total. The van der Waals surface area contributed by atoms with Crippen LogP contribution >= 0.6 is 34.8 Å². The molecule has 0 saturated heterocycles. The molecule has 102 valence electrons. The van der Waals surface area contributed by atoms with Crippen molar-refractivity contribution in [2.75, 3.05) is 6.54 Å². The molecular weight excluding hydrogens is 309 g/mol. The molecule has 1 aromatic rings. The van der Waals surface area contributed by atoms with Crippen molar-refractivity contribution in [1.29, 1.82) is 0 Å². The van der Waals surface area contributed by atoms with E-state index in [1.807, 2.05) is 0 Å². The summed E-state index contributed by atoms with van der Waals surface area (Å²) in [6, 6.07) is 3.17. The lowest BCUT2D eigenvalue weighted by Gasteiger charge is -2.10. The van der Waals surface area contributed by atoms with Gasteiger partial charge in [0.05, 0.1) is 10.0 Å². The number of hydrogen-bond acceptors (Lipinski definition) is 1. The first-order valence-electron chi connectivity index (χ1n) is 5.21. The Morgan fingerprint density at radius 3 is 2.28 bits per heavy atom. The predicted molar refractivity (Wildman–Crippen MR) is 68.5 cm³/mol. The SMILES string of the molecule is FC(F)(F)CCCNCc1c(Cl)ccc(Cl)c1Cl. The van der Waals surface area contributed by atoms with Crippen molar-refractivity contribution in [2.45, 2.75) is 25.6 Å². The fourth-order valence-corrected chi connectivity index (χ4v) is 2.04. The van der Waals surface area contributed by atoms with E-state index < -0.39 is 12.6 Å². The minimum Gasteiger partial charge on any atom is -0.313 e. The summed E-state index contributed by atoms with van der Waals surface area (Å²) in [6.45, 7) is 0.523. The van der Waals surface area contributed by atoms with Gasteiger partial charge in [-0.3, -0.25) is 0 Å². The average Bonchev–Trinajstić information content (AvgIpc) is 2.26. The van der Waals surface area contributed by atoms with Crippen LogP contribution < -0.4 is 5.32 Å². The second-order valence-corrected chi connectivity index (χ2v) is 4.91. The average molecular weight is 321 g/mol. The van der Waals surface area contributed by atoms with Crippen molar-refractivity contribution < 1.29 is 13.2 Å². The van der Waals surface area contributed by atoms with Gasteiger partial charge in [0, 0.05) is 23.6 Å². The Kier molecular flexibility index (Phi) is 6.05. The maximum absolute atomic E-state index is 11.9. The molecule has 1 aromatic carbocycles. The highest BCUT2D eigenvalue weighted by atomic mass is 35.5. The molecule has 0 atom stereocenters. The fourth-order valence-electron chi connectivity index (χ4n) is 1.36. The van der Waals surface area contributed by atoms with E-state index in [1.165, 1.54) is 0 Å². The molecule has 0 spiro atoms. The number of alkyl halides is 3. The van der Waals surface area contributed by atoms with Crippen molar-refractivity contribution in [3.8, 4) is 0 Å². The van der Waals surface area contributed by atoms with Gasteiger partial charge in [0.25, 0.3) is 0 Å². The van der Waals surface area contributed by atoms with E-state index >= 15 is 0 Å². The first-order valence-corrected chi connectivity index (χ1v) is 6.34. The molecule has 0 aliphatic carbocycles. The zero-order valence-electron chi connectivity index (χ0n) is 9.25. The Labute approximate surface area is 118 Å². The van der Waals surface area contributed by atoms with Crippen LogP contribution in [0.15, 0.2) is 12.1 Å². The lowest BCUT2D eigenvalue weighted by atomic mass is 10.2. The molecule has 18 heavy (non-hydrogen) atoms. The lowest BCUT2D eigenvalue weighted by Crippen LogP contribution is -2.18. The fraction of sp³-hybridized carbons (Fsp3) is 0.455. The summed E-state index contributed by atoms with van der Waals surface area (Å²) in [5, 5.41) is 3.99. The van der Waals surface area contributed by atoms with Gasteiger partial charge in [0.15, 0.2) is 0 Å². The zero-order chi connectivity index (χ0) is 13.8. The van der Waals surface area contributed by atoms with Gasteiger partial charge in [-0.25, -0.2) is 0 Å². The summed E-state index contributed by atoms with van der Waals surface area (Å²) in [5.74, 6) is 0. The molecular formula is C11H11Cl3F3N. The van der Waals surface area contributed by atoms with Crippen LogP contribution in [0.25, 0.3) is 0 Å². The molecule has 0 amide bonds. The van der Waals surface area contributed by atoms with E-state index in [0.29, 0.717) is 20.6 Å². The predicted octanol–water partition coefficient (Wildman–Crippen LogP) is 5.08. The number of hydrogen-bond donors (Lipinski definition) is 1. The van der Waals surface area contributed by atoms with Crippen LogP contribution in [-0.4, -0.2) is 12.7 Å². The monoisotopic (exact) mass is 319 g/mol. The third kappa shape index (κ3) is 5.22. The standard InChI is InChI=1S/C11H11Cl3F3N/c12-8-2-3-9(13)10(14)7(8)6-18-5-1-4-11(15,16)17/h2-3,18H,1,4-6H2. The molecule has 0 saturated carbocycles. The van der Waals surface area contributed by atoms with E-state index in [9.17, 15) is 13.2 Å². The summed E-state index contributed by atoms with van der Waals surface area (Å²) in [5.41, 5.74) is 0.595. The lowest BCUT2D eigenvalue weighted by molar-refractivity contribution is -0.135. The normalized spacial score (nSPS) is 11.9. The van der Waals surface area contributed by atoms with Gasteiger partial charge in [-0.2, -0.15) is 13.2 Å². The molecule has 0 bridgehead atoms. The molecule has 0 aliphatic heterocycles. The van der Waals surface area contributed by atoms with Crippen molar-refractivity contribution in [1.82, 2.24) is 5.32 Å². The van der Waals surface area contributed by atoms with Crippen LogP contribution in [0.3, 0.4) is 0 Å². The van der Waals surface area contributed by atoms with E-state index in [1.54, 1.807) is 12.1 Å². The van der Waals surface area contributed by atoms with Gasteiger partial charge in [-0.05, 0) is 25.1 Å². The maximum atomic E-state index is 11.9. The highest BCUT2D eigenvalue weighted by Crippen LogP contribution is 2.31. The second-order valence-electron chi connectivity index (χ2n) is 3.72. The van der Waals surface area contributed by atoms with Gasteiger partial charge in [0.2, 0.25) is 0 Å². The summed E-state index contributed by atoms with van der Waals surface area (Å²) >= 11 is 17.7. The largest absolute Gasteiger partial charge is 0.389 e. The molecule has 0 unspecified atom stereocenters. The Bertz CT molecular complexity index is 407. The third-order valence-corrected chi connectivity index (χ3v) is 3.45. The first-order chi connectivity index (χ1) is 8.31. The van der Waals surface area contributed by atoms with Crippen molar-refractivity contribution in [3.63, 3.8) is 0 Å². The van der Waals surface area contributed by atoms with Gasteiger partial charge in [0.1, 0.15) is 0 Å². The van der Waals surface area contributed by atoms with E-state index in [2.05, 4.69) is 5.32 Å². The molecule has 7 heteroatoms. The van der Waals surface area contributed by atoms with E-state index in [-0.39, 0.29) is 19.5 Å². The zero-order valence-corrected chi connectivity index (χ0v) is 11.5. The molecule has 0 aliphatic rings. The summed E-state index contributed by atoms with van der Waals surface area (Å²) < 4.78 is 35.7. The number of rotatable bonds is 5. The van der Waals surface area contributed by atoms with Crippen molar-refractivity contribution >= 4 is 34.8 Å². The highest BCUT2D eigenvalue weighted by Gasteiger charge is 2.25. The van der Waals surface area contributed by atoms with Crippen LogP contribution in [0.2, 0.25) is 15.1 Å². The van der Waals surface area contributed by atoms with Crippen molar-refractivity contribution in [2.24, 2.45) is 0 Å². The van der Waals surface area contributed by atoms with Crippen LogP contribution in [0.1, 0.15) is 18.4 Å². The van der Waals surface area contributed by atoms with Crippen LogP contribution in [0.5, 0.6) is 0 Å². The summed E-state index contributed by atoms with van der Waals surface area (Å²) in [4.78, 5) is 0. The topological polar surface area (TPSA) is 12.0 Å². The molecule has 0 aromatic heterocycles. The van der Waals surface area contributed by atoms with E-state index in [4.69, 9.17) is 34.8 Å². The van der Waals surface area contributed by atoms with E-state index in [0.717, 1.165) is 0 Å². The van der Waals surface area contributed by atoms with Gasteiger partial charge in [-0.15, -0.1) is 0 Å². The quantitative estimate of drug-likeness (QED) is 0.589.